The number of carbonyl (C=O) groups is 1. The van der Waals surface area contributed by atoms with Crippen LogP contribution in [0.15, 0.2) is 42.5 Å². The normalized spacial score (nSPS) is 13.1. The maximum absolute atomic E-state index is 13.2. The molecule has 0 saturated heterocycles. The van der Waals surface area contributed by atoms with Gasteiger partial charge in [0.25, 0.3) is 0 Å². The Morgan fingerprint density at radius 1 is 1.16 bits per heavy atom. The van der Waals surface area contributed by atoms with Crippen molar-refractivity contribution in [1.29, 1.82) is 0 Å². The highest BCUT2D eigenvalue weighted by molar-refractivity contribution is 5.67. The molecule has 1 amide bonds. The van der Waals surface area contributed by atoms with E-state index in [4.69, 9.17) is 10.5 Å². The van der Waals surface area contributed by atoms with E-state index in [-0.39, 0.29) is 24.4 Å². The summed E-state index contributed by atoms with van der Waals surface area (Å²) < 4.78 is 31.2. The van der Waals surface area contributed by atoms with Gasteiger partial charge in [0.1, 0.15) is 18.8 Å². The molecule has 0 radical (unpaired) electrons. The molecule has 0 aliphatic rings. The molecule has 2 aromatic carbocycles. The number of halogens is 2. The Kier molecular flexibility index (Phi) is 6.26. The third-order valence-electron chi connectivity index (χ3n) is 3.48. The predicted molar refractivity (Wildman–Crippen MR) is 86.4 cm³/mol. The fourth-order valence-corrected chi connectivity index (χ4v) is 2.11. The van der Waals surface area contributed by atoms with Gasteiger partial charge in [-0.1, -0.05) is 30.3 Å². The molecule has 5 N–H and O–H groups in total. The van der Waals surface area contributed by atoms with E-state index in [9.17, 15) is 23.8 Å². The minimum absolute atomic E-state index is 0.0431. The average Bonchev–Trinajstić information content (AvgIpc) is 2.61. The van der Waals surface area contributed by atoms with E-state index in [0.29, 0.717) is 12.1 Å². The number of aliphatic hydroxyl groups is 2. The summed E-state index contributed by atoms with van der Waals surface area (Å²) in [6, 6.07) is 10.4. The Balaban J connectivity index is 1.86. The van der Waals surface area contributed by atoms with Gasteiger partial charge in [-0.05, 0) is 11.6 Å². The zero-order valence-corrected chi connectivity index (χ0v) is 13.2. The lowest BCUT2D eigenvalue weighted by Gasteiger charge is -2.20. The summed E-state index contributed by atoms with van der Waals surface area (Å²) in [5, 5.41) is 22.2. The first-order chi connectivity index (χ1) is 11.9. The van der Waals surface area contributed by atoms with Crippen LogP contribution >= 0.6 is 0 Å². The Hall–Kier alpha value is -2.71. The number of carbonyl (C=O) groups excluding carboxylic acids is 1. The topological polar surface area (TPSA) is 105 Å². The molecule has 2 unspecified atom stereocenters. The second-order valence-electron chi connectivity index (χ2n) is 5.35. The van der Waals surface area contributed by atoms with Crippen molar-refractivity contribution >= 4 is 11.8 Å². The molecule has 0 aliphatic carbocycles. The van der Waals surface area contributed by atoms with Crippen LogP contribution in [0.4, 0.5) is 19.3 Å². The van der Waals surface area contributed by atoms with Crippen LogP contribution in [0.25, 0.3) is 0 Å². The number of nitrogen functional groups attached to an aromatic ring is 1. The van der Waals surface area contributed by atoms with E-state index in [1.165, 1.54) is 0 Å². The number of hydrogen-bond acceptors (Lipinski definition) is 5. The number of aliphatic hydroxyl groups excluding tert-OH is 2. The summed E-state index contributed by atoms with van der Waals surface area (Å²) in [7, 11) is 0. The number of alkyl carbamates (subject to hydrolysis) is 1. The molecule has 2 rings (SSSR count). The van der Waals surface area contributed by atoms with Crippen molar-refractivity contribution in [1.82, 2.24) is 5.32 Å². The molecule has 2 atom stereocenters. The van der Waals surface area contributed by atoms with E-state index < -0.39 is 29.9 Å². The highest BCUT2D eigenvalue weighted by Crippen LogP contribution is 2.25. The quantitative estimate of drug-likeness (QED) is 0.594. The number of anilines is 1. The SMILES string of the molecule is Nc1cc(F)c(F)cc1C(O)C(O)CNC(=O)OCc1ccccc1. The zero-order chi connectivity index (χ0) is 18.4. The largest absolute Gasteiger partial charge is 0.445 e. The van der Waals surface area contributed by atoms with Crippen LogP contribution < -0.4 is 11.1 Å². The predicted octanol–water partition coefficient (Wildman–Crippen LogP) is 1.87. The number of hydrogen-bond donors (Lipinski definition) is 4. The third kappa shape index (κ3) is 5.13. The van der Waals surface area contributed by atoms with Gasteiger partial charge in [-0.25, -0.2) is 13.6 Å². The molecule has 8 heteroatoms. The lowest BCUT2D eigenvalue weighted by atomic mass is 10.0. The monoisotopic (exact) mass is 352 g/mol. The first-order valence-corrected chi connectivity index (χ1v) is 7.43. The summed E-state index contributed by atoms with van der Waals surface area (Å²) in [4.78, 5) is 11.6. The van der Waals surface area contributed by atoms with Crippen molar-refractivity contribution in [3.63, 3.8) is 0 Å². The second kappa shape index (κ2) is 8.41. The Labute approximate surface area is 142 Å². The third-order valence-corrected chi connectivity index (χ3v) is 3.48. The number of ether oxygens (including phenoxy) is 1. The van der Waals surface area contributed by atoms with Crippen LogP contribution in [0.5, 0.6) is 0 Å². The molecule has 0 saturated carbocycles. The summed E-state index contributed by atoms with van der Waals surface area (Å²) in [6.07, 6.45) is -3.89. The van der Waals surface area contributed by atoms with Gasteiger partial charge in [0.2, 0.25) is 0 Å². The molecule has 0 aromatic heterocycles. The molecule has 0 aliphatic heterocycles. The number of nitrogens with two attached hydrogens (primary N) is 1. The lowest BCUT2D eigenvalue weighted by Crippen LogP contribution is -2.36. The maximum Gasteiger partial charge on any atom is 0.407 e. The van der Waals surface area contributed by atoms with Gasteiger partial charge >= 0.3 is 6.09 Å². The Bertz CT molecular complexity index is 728. The van der Waals surface area contributed by atoms with Gasteiger partial charge in [0.15, 0.2) is 11.6 Å². The molecule has 134 valence electrons. The Morgan fingerprint density at radius 3 is 2.48 bits per heavy atom. The van der Waals surface area contributed by atoms with Gasteiger partial charge in [-0.2, -0.15) is 0 Å². The number of amides is 1. The first-order valence-electron chi connectivity index (χ1n) is 7.43. The van der Waals surface area contributed by atoms with E-state index in [1.54, 1.807) is 24.3 Å². The van der Waals surface area contributed by atoms with Crippen LogP contribution in [0.1, 0.15) is 17.2 Å². The van der Waals surface area contributed by atoms with E-state index >= 15 is 0 Å². The number of benzene rings is 2. The zero-order valence-electron chi connectivity index (χ0n) is 13.2. The van der Waals surface area contributed by atoms with E-state index in [0.717, 1.165) is 5.56 Å². The van der Waals surface area contributed by atoms with Crippen LogP contribution in [0.2, 0.25) is 0 Å². The van der Waals surface area contributed by atoms with Crippen molar-refractivity contribution < 1.29 is 28.5 Å². The van der Waals surface area contributed by atoms with Crippen LogP contribution in [-0.2, 0) is 11.3 Å². The van der Waals surface area contributed by atoms with Crippen LogP contribution in [0.3, 0.4) is 0 Å². The van der Waals surface area contributed by atoms with E-state index in [2.05, 4.69) is 5.32 Å². The molecule has 0 spiro atoms. The standard InChI is InChI=1S/C17H18F2N2O4/c18-12-6-11(14(20)7-13(12)19)16(23)15(22)8-21-17(24)25-9-10-4-2-1-3-5-10/h1-7,15-16,22-23H,8-9,20H2,(H,21,24). The molecule has 2 aromatic rings. The molecular formula is C17H18F2N2O4. The number of nitrogens with one attached hydrogen (secondary N) is 1. The van der Waals surface area contributed by atoms with E-state index in [1.807, 2.05) is 6.07 Å². The second-order valence-corrected chi connectivity index (χ2v) is 5.35. The summed E-state index contributed by atoms with van der Waals surface area (Å²) in [5.74, 6) is -2.36. The highest BCUT2D eigenvalue weighted by atomic mass is 19.2. The molecular weight excluding hydrogens is 334 g/mol. The smallest absolute Gasteiger partial charge is 0.407 e. The minimum Gasteiger partial charge on any atom is -0.445 e. The van der Waals surface area contributed by atoms with Crippen LogP contribution in [-0.4, -0.2) is 29.0 Å². The average molecular weight is 352 g/mol. The fourth-order valence-electron chi connectivity index (χ4n) is 2.11. The molecule has 0 fully saturated rings. The summed E-state index contributed by atoms with van der Waals surface area (Å²) in [6.45, 7) is -0.325. The molecule has 25 heavy (non-hydrogen) atoms. The summed E-state index contributed by atoms with van der Waals surface area (Å²) >= 11 is 0. The fraction of sp³-hybridized carbons (Fsp3) is 0.235. The first kappa shape index (κ1) is 18.6. The maximum atomic E-state index is 13.2. The van der Waals surface area contributed by atoms with Crippen molar-refractivity contribution in [3.8, 4) is 0 Å². The van der Waals surface area contributed by atoms with Crippen molar-refractivity contribution in [3.05, 3.63) is 65.2 Å². The van der Waals surface area contributed by atoms with Gasteiger partial charge in [0, 0.05) is 23.9 Å². The van der Waals surface area contributed by atoms with Crippen molar-refractivity contribution in [2.75, 3.05) is 12.3 Å². The summed E-state index contributed by atoms with van der Waals surface area (Å²) in [5.41, 5.74) is 5.91. The van der Waals surface area contributed by atoms with Gasteiger partial charge in [-0.3, -0.25) is 0 Å². The van der Waals surface area contributed by atoms with Crippen molar-refractivity contribution in [2.45, 2.75) is 18.8 Å². The lowest BCUT2D eigenvalue weighted by molar-refractivity contribution is 0.0186. The van der Waals surface area contributed by atoms with Gasteiger partial charge in [0.05, 0.1) is 0 Å². The number of rotatable bonds is 6. The van der Waals surface area contributed by atoms with Crippen molar-refractivity contribution in [2.24, 2.45) is 0 Å². The van der Waals surface area contributed by atoms with Crippen LogP contribution in [0, 0.1) is 11.6 Å². The molecule has 0 bridgehead atoms. The van der Waals surface area contributed by atoms with Gasteiger partial charge < -0.3 is 26.0 Å². The molecule has 0 heterocycles. The minimum atomic E-state index is -1.61. The molecule has 6 nitrogen and oxygen atoms in total. The highest BCUT2D eigenvalue weighted by Gasteiger charge is 2.23. The van der Waals surface area contributed by atoms with Gasteiger partial charge in [-0.15, -0.1) is 0 Å². The Morgan fingerprint density at radius 2 is 1.80 bits per heavy atom.